The van der Waals surface area contributed by atoms with E-state index in [1.54, 1.807) is 11.0 Å². The average molecular weight is 670 g/mol. The number of ketones is 1. The van der Waals surface area contributed by atoms with Gasteiger partial charge >= 0.3 is 5.97 Å². The Hall–Kier alpha value is -3.11. The van der Waals surface area contributed by atoms with Crippen LogP contribution in [-0.2, 0) is 20.8 Å². The lowest BCUT2D eigenvalue weighted by molar-refractivity contribution is -0.147. The number of hydrogen-bond donors (Lipinski definition) is 1. The van der Waals surface area contributed by atoms with E-state index in [1.165, 1.54) is 23.5 Å². The van der Waals surface area contributed by atoms with E-state index in [2.05, 4.69) is 20.9 Å². The maximum atomic E-state index is 14.3. The van der Waals surface area contributed by atoms with E-state index in [4.69, 9.17) is 4.74 Å². The van der Waals surface area contributed by atoms with Crippen LogP contribution >= 0.6 is 27.3 Å². The predicted molar refractivity (Wildman–Crippen MR) is 165 cm³/mol. The van der Waals surface area contributed by atoms with Crippen LogP contribution in [0.1, 0.15) is 56.9 Å². The second kappa shape index (κ2) is 12.5. The van der Waals surface area contributed by atoms with Crippen molar-refractivity contribution in [3.63, 3.8) is 0 Å². The number of aromatic nitrogens is 1. The van der Waals surface area contributed by atoms with Gasteiger partial charge in [0.15, 0.2) is 5.78 Å². The van der Waals surface area contributed by atoms with Crippen LogP contribution in [0.3, 0.4) is 0 Å². The summed E-state index contributed by atoms with van der Waals surface area (Å²) in [5.41, 5.74) is 0.415. The Labute approximate surface area is 262 Å². The number of Topliss-reactive ketones (excluding diaryl/α,β-unsaturated/α-hetero) is 1. The van der Waals surface area contributed by atoms with Gasteiger partial charge in [-0.05, 0) is 73.9 Å². The summed E-state index contributed by atoms with van der Waals surface area (Å²) in [6.45, 7) is 0.206. The van der Waals surface area contributed by atoms with Gasteiger partial charge in [0.25, 0.3) is 5.19 Å². The van der Waals surface area contributed by atoms with Crippen LogP contribution < -0.4 is 4.74 Å². The van der Waals surface area contributed by atoms with Crippen molar-refractivity contribution >= 4 is 55.1 Å². The van der Waals surface area contributed by atoms with E-state index in [0.717, 1.165) is 45.9 Å². The maximum absolute atomic E-state index is 14.3. The minimum atomic E-state index is -1.12. The summed E-state index contributed by atoms with van der Waals surface area (Å²) in [5, 5.41) is 10.6. The summed E-state index contributed by atoms with van der Waals surface area (Å²) in [4.78, 5) is 46.8. The molecular formula is C33H34BrFN2O5S. The molecule has 7 nitrogen and oxygen atoms in total. The monoisotopic (exact) mass is 668 g/mol. The van der Waals surface area contributed by atoms with Crippen molar-refractivity contribution in [3.05, 3.63) is 70.5 Å². The normalized spacial score (nSPS) is 28.9. The minimum absolute atomic E-state index is 0.123. The first kappa shape index (κ1) is 29.9. The van der Waals surface area contributed by atoms with E-state index >= 15 is 0 Å². The molecule has 2 aliphatic heterocycles. The largest absolute Gasteiger partial charge is 0.481 e. The standard InChI is InChI=1S/C33H34BrFN2O5S/c34-23-11-12-26-29(15-23)43-32(36-26)42-25-16-27-28(38)18-33(31(40)41)17-22(33)9-5-3-1-2-4-8-21(30(39)37(27)19-25)13-20-7-6-10-24(35)14-20/h5-7,9-12,14-15,21-22,25,27H,1-4,8,13,16-19H2,(H,40,41)/b9-5-/t21-,22+,25-,27+,33-/m1/s1. The quantitative estimate of drug-likeness (QED) is 0.295. The lowest BCUT2D eigenvalue weighted by Crippen LogP contribution is -2.45. The van der Waals surface area contributed by atoms with Gasteiger partial charge in [-0.3, -0.25) is 14.4 Å². The van der Waals surface area contributed by atoms with Crippen LogP contribution in [0, 0.1) is 23.1 Å². The first-order chi connectivity index (χ1) is 20.7. The zero-order valence-corrected chi connectivity index (χ0v) is 26.1. The van der Waals surface area contributed by atoms with Gasteiger partial charge in [0, 0.05) is 23.2 Å². The number of aliphatic carboxylic acids is 1. The molecule has 226 valence electrons. The van der Waals surface area contributed by atoms with E-state index in [1.807, 2.05) is 36.4 Å². The summed E-state index contributed by atoms with van der Waals surface area (Å²) in [7, 11) is 0. The number of amides is 1. The number of carbonyl (C=O) groups excluding carboxylic acids is 2. The summed E-state index contributed by atoms with van der Waals surface area (Å²) in [5.74, 6) is -2.33. The number of rotatable bonds is 5. The molecule has 6 rings (SSSR count). The van der Waals surface area contributed by atoms with Crippen molar-refractivity contribution in [3.8, 4) is 5.19 Å². The fourth-order valence-corrected chi connectivity index (χ4v) is 8.06. The van der Waals surface area contributed by atoms with E-state index < -0.39 is 29.4 Å². The number of hydrogen-bond acceptors (Lipinski definition) is 6. The first-order valence-electron chi connectivity index (χ1n) is 14.9. The van der Waals surface area contributed by atoms with Gasteiger partial charge in [0.05, 0.1) is 28.2 Å². The van der Waals surface area contributed by atoms with Gasteiger partial charge in [0.1, 0.15) is 11.9 Å². The van der Waals surface area contributed by atoms with E-state index in [0.29, 0.717) is 24.5 Å². The highest BCUT2D eigenvalue weighted by molar-refractivity contribution is 9.10. The first-order valence-corrected chi connectivity index (χ1v) is 16.5. The number of halogens is 2. The number of thiazole rings is 1. The summed E-state index contributed by atoms with van der Waals surface area (Å²) < 4.78 is 22.2. The molecule has 5 atom stereocenters. The number of carbonyl (C=O) groups is 3. The Bertz CT molecular complexity index is 1580. The highest BCUT2D eigenvalue weighted by Gasteiger charge is 2.61. The number of fused-ring (bicyclic) bond motifs is 3. The van der Waals surface area contributed by atoms with Crippen molar-refractivity contribution in [1.29, 1.82) is 0 Å². The third-order valence-electron chi connectivity index (χ3n) is 9.08. The molecule has 2 fully saturated rings. The fraction of sp³-hybridized carbons (Fsp3) is 0.455. The van der Waals surface area contributed by atoms with Gasteiger partial charge in [-0.2, -0.15) is 0 Å². The fourth-order valence-electron chi connectivity index (χ4n) is 6.63. The average Bonchev–Trinajstić information content (AvgIpc) is 3.29. The Morgan fingerprint density at radius 2 is 2.05 bits per heavy atom. The Morgan fingerprint density at radius 3 is 2.86 bits per heavy atom. The molecule has 1 N–H and O–H groups in total. The molecule has 3 aromatic rings. The van der Waals surface area contributed by atoms with Crippen LogP contribution in [0.2, 0.25) is 0 Å². The van der Waals surface area contributed by atoms with Crippen molar-refractivity contribution in [2.75, 3.05) is 6.54 Å². The lowest BCUT2D eigenvalue weighted by Gasteiger charge is -2.29. The molecule has 1 amide bonds. The summed E-state index contributed by atoms with van der Waals surface area (Å²) >= 11 is 4.88. The number of allylic oxidation sites excluding steroid dienone is 2. The number of carboxylic acids is 1. The smallest absolute Gasteiger partial charge is 0.310 e. The Balaban J connectivity index is 1.29. The molecule has 3 heterocycles. The molecule has 1 aromatic heterocycles. The van der Waals surface area contributed by atoms with Crippen molar-refractivity contribution < 1.29 is 28.6 Å². The number of ether oxygens (including phenoxy) is 1. The van der Waals surface area contributed by atoms with Crippen LogP contribution in [0.5, 0.6) is 5.19 Å². The van der Waals surface area contributed by atoms with Gasteiger partial charge < -0.3 is 14.7 Å². The van der Waals surface area contributed by atoms with Crippen LogP contribution in [0.15, 0.2) is 59.1 Å². The second-order valence-electron chi connectivity index (χ2n) is 12.1. The van der Waals surface area contributed by atoms with Gasteiger partial charge in [-0.15, -0.1) is 0 Å². The van der Waals surface area contributed by atoms with E-state index in [9.17, 15) is 23.9 Å². The molecule has 0 radical (unpaired) electrons. The molecule has 0 bridgehead atoms. The van der Waals surface area contributed by atoms with Crippen LogP contribution in [0.25, 0.3) is 10.2 Å². The van der Waals surface area contributed by atoms with Gasteiger partial charge in [0.2, 0.25) is 5.91 Å². The maximum Gasteiger partial charge on any atom is 0.310 e. The Kier molecular flexibility index (Phi) is 8.69. The third kappa shape index (κ3) is 6.55. The molecule has 1 saturated heterocycles. The minimum Gasteiger partial charge on any atom is -0.481 e. The highest BCUT2D eigenvalue weighted by atomic mass is 79.9. The second-order valence-corrected chi connectivity index (χ2v) is 14.0. The SMILES string of the molecule is O=C1C[C@]2(C(=O)O)C[C@@H]2/C=C\CCCCC[C@H](Cc2cccc(F)c2)C(=O)N2C[C@H](Oc3nc4ccc(Br)cc4s3)C[C@@H]12. The Morgan fingerprint density at radius 1 is 1.19 bits per heavy atom. The molecule has 2 aromatic carbocycles. The third-order valence-corrected chi connectivity index (χ3v) is 10.5. The molecular weight excluding hydrogens is 635 g/mol. The molecule has 0 spiro atoms. The summed E-state index contributed by atoms with van der Waals surface area (Å²) in [6.07, 6.45) is 8.62. The van der Waals surface area contributed by atoms with Crippen LogP contribution in [-0.4, -0.2) is 51.3 Å². The molecule has 0 unspecified atom stereocenters. The van der Waals surface area contributed by atoms with Gasteiger partial charge in [-0.1, -0.05) is 64.4 Å². The molecule has 1 saturated carbocycles. The van der Waals surface area contributed by atoms with Crippen molar-refractivity contribution in [2.45, 2.75) is 69.9 Å². The van der Waals surface area contributed by atoms with Gasteiger partial charge in [-0.25, -0.2) is 9.37 Å². The molecule has 1 aliphatic carbocycles. The van der Waals surface area contributed by atoms with Crippen LogP contribution in [0.4, 0.5) is 4.39 Å². The molecule has 43 heavy (non-hydrogen) atoms. The van der Waals surface area contributed by atoms with Crippen molar-refractivity contribution in [1.82, 2.24) is 9.88 Å². The topological polar surface area (TPSA) is 96.8 Å². The predicted octanol–water partition coefficient (Wildman–Crippen LogP) is 6.98. The zero-order valence-electron chi connectivity index (χ0n) is 23.7. The van der Waals surface area contributed by atoms with E-state index in [-0.39, 0.29) is 42.8 Å². The number of nitrogens with zero attached hydrogens (tertiary/aromatic N) is 2. The highest BCUT2D eigenvalue weighted by Crippen LogP contribution is 2.57. The zero-order chi connectivity index (χ0) is 30.1. The number of carboxylic acid groups (broad SMARTS) is 1. The van der Waals surface area contributed by atoms with Crippen molar-refractivity contribution in [2.24, 2.45) is 17.3 Å². The molecule has 10 heteroatoms. The number of benzene rings is 2. The summed E-state index contributed by atoms with van der Waals surface area (Å²) in [6, 6.07) is 11.3. The molecule has 3 aliphatic rings. The lowest BCUT2D eigenvalue weighted by atomic mass is 9.90.